The van der Waals surface area contributed by atoms with E-state index >= 15 is 0 Å². The molecule has 1 aliphatic rings. The summed E-state index contributed by atoms with van der Waals surface area (Å²) in [7, 11) is 2.02. The number of nitrogens with zero attached hydrogens (tertiary/aromatic N) is 4. The van der Waals surface area contributed by atoms with Crippen molar-refractivity contribution in [3.05, 3.63) is 47.8 Å². The van der Waals surface area contributed by atoms with Gasteiger partial charge >= 0.3 is 0 Å². The van der Waals surface area contributed by atoms with Crippen molar-refractivity contribution in [1.29, 1.82) is 0 Å². The van der Waals surface area contributed by atoms with Gasteiger partial charge in [-0.15, -0.1) is 0 Å². The summed E-state index contributed by atoms with van der Waals surface area (Å²) in [5, 5.41) is 2.97. The fourth-order valence-corrected chi connectivity index (χ4v) is 3.17. The fourth-order valence-electron chi connectivity index (χ4n) is 3.17. The molecular formula is C20H27N5O. The maximum absolute atomic E-state index is 12.4. The summed E-state index contributed by atoms with van der Waals surface area (Å²) < 4.78 is 0. The van der Waals surface area contributed by atoms with Gasteiger partial charge in [-0.1, -0.05) is 18.2 Å². The first-order chi connectivity index (χ1) is 12.6. The molecular weight excluding hydrogens is 326 g/mol. The molecule has 0 bridgehead atoms. The third-order valence-corrected chi connectivity index (χ3v) is 4.78. The Kier molecular flexibility index (Phi) is 6.04. The Balaban J connectivity index is 1.54. The largest absolute Gasteiger partial charge is 0.373 e. The minimum absolute atomic E-state index is 0.117. The SMILES string of the molecule is Cc1nc(N2CCCCC2)ncc1C(=O)NCCN(C)c1ccccc1. The van der Waals surface area contributed by atoms with Crippen molar-refractivity contribution in [2.75, 3.05) is 43.0 Å². The number of aryl methyl sites for hydroxylation is 1. The molecule has 1 aliphatic heterocycles. The van der Waals surface area contributed by atoms with E-state index in [-0.39, 0.29) is 5.91 Å². The summed E-state index contributed by atoms with van der Waals surface area (Å²) >= 11 is 0. The number of hydrogen-bond acceptors (Lipinski definition) is 5. The molecule has 1 N–H and O–H groups in total. The third-order valence-electron chi connectivity index (χ3n) is 4.78. The molecule has 1 saturated heterocycles. The molecule has 0 saturated carbocycles. The van der Waals surface area contributed by atoms with Gasteiger partial charge in [-0.05, 0) is 38.3 Å². The van der Waals surface area contributed by atoms with E-state index in [0.717, 1.165) is 37.0 Å². The van der Waals surface area contributed by atoms with E-state index in [2.05, 4.69) is 37.2 Å². The fraction of sp³-hybridized carbons (Fsp3) is 0.450. The van der Waals surface area contributed by atoms with Crippen molar-refractivity contribution < 1.29 is 4.79 Å². The highest BCUT2D eigenvalue weighted by atomic mass is 16.1. The van der Waals surface area contributed by atoms with Gasteiger partial charge in [0.25, 0.3) is 5.91 Å². The summed E-state index contributed by atoms with van der Waals surface area (Å²) in [4.78, 5) is 25.7. The van der Waals surface area contributed by atoms with Crippen molar-refractivity contribution in [1.82, 2.24) is 15.3 Å². The van der Waals surface area contributed by atoms with E-state index in [1.54, 1.807) is 6.20 Å². The second-order valence-corrected chi connectivity index (χ2v) is 6.73. The van der Waals surface area contributed by atoms with Gasteiger partial charge in [-0.25, -0.2) is 9.97 Å². The van der Waals surface area contributed by atoms with E-state index in [9.17, 15) is 4.79 Å². The second kappa shape index (κ2) is 8.65. The van der Waals surface area contributed by atoms with Gasteiger partial charge in [-0.2, -0.15) is 0 Å². The summed E-state index contributed by atoms with van der Waals surface area (Å²) in [6.45, 7) is 5.17. The molecule has 0 radical (unpaired) electrons. The highest BCUT2D eigenvalue weighted by Crippen LogP contribution is 2.17. The average molecular weight is 353 g/mol. The number of carbonyl (C=O) groups excluding carboxylic acids is 1. The van der Waals surface area contributed by atoms with Crippen LogP contribution in [0.25, 0.3) is 0 Å². The van der Waals surface area contributed by atoms with Crippen LogP contribution >= 0.6 is 0 Å². The average Bonchev–Trinajstić information content (AvgIpc) is 2.69. The number of rotatable bonds is 6. The minimum atomic E-state index is -0.117. The summed E-state index contributed by atoms with van der Waals surface area (Å²) in [5.74, 6) is 0.622. The Morgan fingerprint density at radius 3 is 2.62 bits per heavy atom. The second-order valence-electron chi connectivity index (χ2n) is 6.73. The smallest absolute Gasteiger partial charge is 0.254 e. The Morgan fingerprint density at radius 1 is 1.19 bits per heavy atom. The van der Waals surface area contributed by atoms with E-state index in [4.69, 9.17) is 0 Å². The van der Waals surface area contributed by atoms with Crippen LogP contribution < -0.4 is 15.1 Å². The van der Waals surface area contributed by atoms with Crippen LogP contribution in [-0.2, 0) is 0 Å². The molecule has 1 aromatic heterocycles. The lowest BCUT2D eigenvalue weighted by molar-refractivity contribution is 0.0953. The van der Waals surface area contributed by atoms with E-state index in [0.29, 0.717) is 12.1 Å². The van der Waals surface area contributed by atoms with Crippen molar-refractivity contribution in [2.45, 2.75) is 26.2 Å². The van der Waals surface area contributed by atoms with E-state index in [1.807, 2.05) is 32.2 Å². The van der Waals surface area contributed by atoms with Crippen molar-refractivity contribution in [3.8, 4) is 0 Å². The minimum Gasteiger partial charge on any atom is -0.373 e. The van der Waals surface area contributed by atoms with Gasteiger partial charge in [0.05, 0.1) is 11.3 Å². The predicted molar refractivity (Wildman–Crippen MR) is 105 cm³/mol. The Hall–Kier alpha value is -2.63. The zero-order chi connectivity index (χ0) is 18.4. The molecule has 2 aromatic rings. The van der Waals surface area contributed by atoms with Crippen LogP contribution in [0, 0.1) is 6.92 Å². The molecule has 0 spiro atoms. The molecule has 0 atom stereocenters. The number of amides is 1. The van der Waals surface area contributed by atoms with Crippen molar-refractivity contribution in [3.63, 3.8) is 0 Å². The van der Waals surface area contributed by atoms with E-state index in [1.165, 1.54) is 19.3 Å². The quantitative estimate of drug-likeness (QED) is 0.865. The lowest BCUT2D eigenvalue weighted by atomic mass is 10.1. The highest BCUT2D eigenvalue weighted by Gasteiger charge is 2.17. The zero-order valence-corrected chi connectivity index (χ0v) is 15.6. The molecule has 6 nitrogen and oxygen atoms in total. The molecule has 138 valence electrons. The van der Waals surface area contributed by atoms with Crippen LogP contribution in [0.2, 0.25) is 0 Å². The number of aromatic nitrogens is 2. The van der Waals surface area contributed by atoms with Gasteiger partial charge in [0.1, 0.15) is 0 Å². The number of benzene rings is 1. The molecule has 0 aliphatic carbocycles. The van der Waals surface area contributed by atoms with Gasteiger partial charge < -0.3 is 15.1 Å². The topological polar surface area (TPSA) is 61.4 Å². The first kappa shape index (κ1) is 18.2. The van der Waals surface area contributed by atoms with E-state index < -0.39 is 0 Å². The summed E-state index contributed by atoms with van der Waals surface area (Å²) in [5.41, 5.74) is 2.41. The maximum atomic E-state index is 12.4. The van der Waals surface area contributed by atoms with Crippen LogP contribution in [0.1, 0.15) is 35.3 Å². The molecule has 6 heteroatoms. The van der Waals surface area contributed by atoms with Crippen molar-refractivity contribution in [2.24, 2.45) is 0 Å². The first-order valence-electron chi connectivity index (χ1n) is 9.28. The molecule has 3 rings (SSSR count). The molecule has 26 heavy (non-hydrogen) atoms. The Bertz CT molecular complexity index is 728. The molecule has 2 heterocycles. The number of carbonyl (C=O) groups is 1. The number of para-hydroxylation sites is 1. The maximum Gasteiger partial charge on any atom is 0.254 e. The van der Waals surface area contributed by atoms with Gasteiger partial charge in [0, 0.05) is 45.1 Å². The number of likely N-dealkylation sites (N-methyl/N-ethyl adjacent to an activating group) is 1. The number of hydrogen-bond donors (Lipinski definition) is 1. The van der Waals surface area contributed by atoms with Crippen LogP contribution in [0.4, 0.5) is 11.6 Å². The monoisotopic (exact) mass is 353 g/mol. The summed E-state index contributed by atoms with van der Waals surface area (Å²) in [6.07, 6.45) is 5.29. The lowest BCUT2D eigenvalue weighted by Gasteiger charge is -2.26. The Morgan fingerprint density at radius 2 is 1.92 bits per heavy atom. The van der Waals surface area contributed by atoms with Crippen LogP contribution in [0.3, 0.4) is 0 Å². The third kappa shape index (κ3) is 4.50. The van der Waals surface area contributed by atoms with Crippen LogP contribution in [0.15, 0.2) is 36.5 Å². The van der Waals surface area contributed by atoms with Gasteiger partial charge in [0.2, 0.25) is 5.95 Å². The molecule has 1 aromatic carbocycles. The molecule has 1 amide bonds. The number of nitrogens with one attached hydrogen (secondary N) is 1. The number of piperidine rings is 1. The highest BCUT2D eigenvalue weighted by molar-refractivity contribution is 5.95. The normalized spacial score (nSPS) is 14.2. The first-order valence-corrected chi connectivity index (χ1v) is 9.28. The lowest BCUT2D eigenvalue weighted by Crippen LogP contribution is -2.34. The van der Waals surface area contributed by atoms with Crippen LogP contribution in [0.5, 0.6) is 0 Å². The van der Waals surface area contributed by atoms with Crippen molar-refractivity contribution >= 4 is 17.5 Å². The van der Waals surface area contributed by atoms with Gasteiger partial charge in [-0.3, -0.25) is 4.79 Å². The van der Waals surface area contributed by atoms with Gasteiger partial charge in [0.15, 0.2) is 0 Å². The zero-order valence-electron chi connectivity index (χ0n) is 15.6. The number of anilines is 2. The predicted octanol–water partition coefficient (Wildman–Crippen LogP) is 2.64. The molecule has 1 fully saturated rings. The van der Waals surface area contributed by atoms with Crippen LogP contribution in [-0.4, -0.2) is 49.1 Å². The standard InChI is InChI=1S/C20H27N5O/c1-16-18(15-22-20(23-16)25-12-7-4-8-13-25)19(26)21-11-14-24(2)17-9-5-3-6-10-17/h3,5-6,9-10,15H,4,7-8,11-14H2,1-2H3,(H,21,26). The molecule has 0 unspecified atom stereocenters. The Labute approximate surface area is 155 Å². The summed E-state index contributed by atoms with van der Waals surface area (Å²) in [6, 6.07) is 10.1.